The maximum absolute atomic E-state index is 12.3. The molecule has 2 aliphatic heterocycles. The molecule has 2 aliphatic rings. The average Bonchev–Trinajstić information content (AvgIpc) is 3.57. The van der Waals surface area contributed by atoms with Gasteiger partial charge in [-0.2, -0.15) is 0 Å². The third kappa shape index (κ3) is 6.88. The van der Waals surface area contributed by atoms with Gasteiger partial charge < -0.3 is 33.9 Å². The van der Waals surface area contributed by atoms with Crippen molar-refractivity contribution in [2.24, 2.45) is 0 Å². The molecule has 1 aromatic heterocycles. The molecule has 0 radical (unpaired) electrons. The van der Waals surface area contributed by atoms with Gasteiger partial charge in [0.1, 0.15) is 36.9 Å². The third-order valence-electron chi connectivity index (χ3n) is 7.88. The molecule has 12 nitrogen and oxygen atoms in total. The lowest BCUT2D eigenvalue weighted by molar-refractivity contribution is -0.110. The number of hydrazine groups is 1. The number of carbonyl (C=O) groups is 1. The standard InChI is InChI=1S/C33H38N6O6/c1-41-16-18-43-31-20-27-29(21-32(31)44-19-17-42-2)35-22-36-33(27)37-12-14-38(15-13-37)39(23-40)24-6-8-25(9-7-24)45-30-5-3-4-28-26(30)10-11-34-28/h3-9,20-23,34H,10-19H2,1-2H3. The van der Waals surface area contributed by atoms with Crippen molar-refractivity contribution in [2.45, 2.75) is 6.42 Å². The zero-order chi connectivity index (χ0) is 31.0. The first kappa shape index (κ1) is 30.4. The first-order valence-electron chi connectivity index (χ1n) is 15.1. The number of hydrogen-bond donors (Lipinski definition) is 1. The molecule has 6 rings (SSSR count). The van der Waals surface area contributed by atoms with Gasteiger partial charge in [-0.15, -0.1) is 0 Å². The predicted molar refractivity (Wildman–Crippen MR) is 172 cm³/mol. The molecule has 0 saturated carbocycles. The van der Waals surface area contributed by atoms with Gasteiger partial charge >= 0.3 is 0 Å². The number of ether oxygens (including phenoxy) is 5. The molecule has 1 N–H and O–H groups in total. The highest BCUT2D eigenvalue weighted by Crippen LogP contribution is 2.37. The van der Waals surface area contributed by atoms with Crippen molar-refractivity contribution >= 4 is 34.5 Å². The first-order valence-corrected chi connectivity index (χ1v) is 15.1. The van der Waals surface area contributed by atoms with E-state index in [0.717, 1.165) is 59.0 Å². The molecule has 1 amide bonds. The van der Waals surface area contributed by atoms with Crippen LogP contribution in [0.3, 0.4) is 0 Å². The van der Waals surface area contributed by atoms with Crippen LogP contribution in [0.5, 0.6) is 23.0 Å². The Kier molecular flexibility index (Phi) is 9.74. The summed E-state index contributed by atoms with van der Waals surface area (Å²) in [6.45, 7) is 5.17. The number of methoxy groups -OCH3 is 2. The molecule has 4 aromatic rings. The van der Waals surface area contributed by atoms with Gasteiger partial charge in [0.2, 0.25) is 6.41 Å². The van der Waals surface area contributed by atoms with Gasteiger partial charge in [-0.1, -0.05) is 6.07 Å². The summed E-state index contributed by atoms with van der Waals surface area (Å²) in [6, 6.07) is 17.5. The minimum atomic E-state index is 0.380. The van der Waals surface area contributed by atoms with Crippen molar-refractivity contribution < 1.29 is 28.5 Å². The van der Waals surface area contributed by atoms with Gasteiger partial charge in [0, 0.05) is 69.6 Å². The fourth-order valence-electron chi connectivity index (χ4n) is 5.61. The van der Waals surface area contributed by atoms with Gasteiger partial charge in [0.05, 0.1) is 24.4 Å². The highest BCUT2D eigenvalue weighted by Gasteiger charge is 2.25. The van der Waals surface area contributed by atoms with Crippen molar-refractivity contribution in [1.29, 1.82) is 0 Å². The van der Waals surface area contributed by atoms with Crippen LogP contribution >= 0.6 is 0 Å². The number of amides is 1. The lowest BCUT2D eigenvalue weighted by Gasteiger charge is -2.40. The number of benzene rings is 3. The lowest BCUT2D eigenvalue weighted by Crippen LogP contribution is -2.54. The maximum atomic E-state index is 12.3. The summed E-state index contributed by atoms with van der Waals surface area (Å²) in [6.07, 6.45) is 3.36. The van der Waals surface area contributed by atoms with Crippen LogP contribution in [0.1, 0.15) is 5.56 Å². The fraction of sp³-hybridized carbons (Fsp3) is 0.364. The smallest absolute Gasteiger partial charge is 0.228 e. The van der Waals surface area contributed by atoms with Gasteiger partial charge in [0.15, 0.2) is 11.5 Å². The number of nitrogens with one attached hydrogen (secondary N) is 1. The molecule has 0 bridgehead atoms. The van der Waals surface area contributed by atoms with E-state index in [1.807, 2.05) is 53.5 Å². The quantitative estimate of drug-likeness (QED) is 0.163. The molecular weight excluding hydrogens is 576 g/mol. The van der Waals surface area contributed by atoms with Crippen molar-refractivity contribution in [3.63, 3.8) is 0 Å². The summed E-state index contributed by atoms with van der Waals surface area (Å²) >= 11 is 0. The summed E-state index contributed by atoms with van der Waals surface area (Å²) < 4.78 is 28.4. The lowest BCUT2D eigenvalue weighted by atomic mass is 10.1. The van der Waals surface area contributed by atoms with Crippen LogP contribution in [0.4, 0.5) is 17.2 Å². The minimum Gasteiger partial charge on any atom is -0.487 e. The van der Waals surface area contributed by atoms with Crippen LogP contribution in [0.2, 0.25) is 0 Å². The van der Waals surface area contributed by atoms with Crippen molar-refractivity contribution in [1.82, 2.24) is 15.0 Å². The molecule has 236 valence electrons. The molecule has 12 heteroatoms. The Bertz CT molecular complexity index is 1600. The van der Waals surface area contributed by atoms with E-state index in [2.05, 4.69) is 26.3 Å². The summed E-state index contributed by atoms with van der Waals surface area (Å²) in [7, 11) is 3.27. The number of hydrogen-bond acceptors (Lipinski definition) is 11. The summed E-state index contributed by atoms with van der Waals surface area (Å²) in [5.41, 5.74) is 3.84. The van der Waals surface area contributed by atoms with Gasteiger partial charge in [0.25, 0.3) is 0 Å². The Hall–Kier alpha value is -4.65. The molecule has 0 spiro atoms. The molecule has 0 atom stereocenters. The minimum absolute atomic E-state index is 0.380. The Morgan fingerprint density at radius 3 is 2.31 bits per heavy atom. The molecule has 3 aromatic carbocycles. The largest absolute Gasteiger partial charge is 0.487 e. The van der Waals surface area contributed by atoms with Crippen molar-refractivity contribution in [3.8, 4) is 23.0 Å². The molecule has 1 fully saturated rings. The van der Waals surface area contributed by atoms with E-state index < -0.39 is 0 Å². The van der Waals surface area contributed by atoms with Crippen LogP contribution in [0.15, 0.2) is 60.9 Å². The second-order valence-electron chi connectivity index (χ2n) is 10.6. The molecule has 45 heavy (non-hydrogen) atoms. The van der Waals surface area contributed by atoms with Crippen LogP contribution < -0.4 is 29.4 Å². The molecular formula is C33H38N6O6. The fourth-order valence-corrected chi connectivity index (χ4v) is 5.61. The Balaban J connectivity index is 1.14. The summed E-state index contributed by atoms with van der Waals surface area (Å²) in [5.74, 6) is 3.57. The summed E-state index contributed by atoms with van der Waals surface area (Å²) in [4.78, 5) is 23.6. The number of piperazine rings is 1. The monoisotopic (exact) mass is 614 g/mol. The zero-order valence-electron chi connectivity index (χ0n) is 25.6. The van der Waals surface area contributed by atoms with Crippen LogP contribution in [0, 0.1) is 0 Å². The zero-order valence-corrected chi connectivity index (χ0v) is 25.6. The second kappa shape index (κ2) is 14.4. The first-order chi connectivity index (χ1) is 22.2. The average molecular weight is 615 g/mol. The van der Waals surface area contributed by atoms with Gasteiger partial charge in [-0.05, 0) is 48.9 Å². The number of anilines is 3. The maximum Gasteiger partial charge on any atom is 0.228 e. The van der Waals surface area contributed by atoms with Crippen LogP contribution in [-0.4, -0.2) is 94.8 Å². The highest BCUT2D eigenvalue weighted by molar-refractivity contribution is 5.92. The SMILES string of the molecule is COCCOc1cc2ncnc(N3CCN(N(C=O)c4ccc(Oc5cccc6c5CCN6)cc4)CC3)c2cc1OCCOC. The van der Waals surface area contributed by atoms with E-state index in [-0.39, 0.29) is 0 Å². The van der Waals surface area contributed by atoms with E-state index in [1.54, 1.807) is 25.6 Å². The van der Waals surface area contributed by atoms with E-state index in [0.29, 0.717) is 64.1 Å². The van der Waals surface area contributed by atoms with E-state index in [1.165, 1.54) is 5.56 Å². The Morgan fingerprint density at radius 1 is 0.867 bits per heavy atom. The molecule has 1 saturated heterocycles. The molecule has 0 aliphatic carbocycles. The Labute approximate surface area is 262 Å². The number of fused-ring (bicyclic) bond motifs is 2. The topological polar surface area (TPSA) is 111 Å². The van der Waals surface area contributed by atoms with Gasteiger partial charge in [-0.25, -0.2) is 20.0 Å². The van der Waals surface area contributed by atoms with E-state index in [4.69, 9.17) is 23.7 Å². The van der Waals surface area contributed by atoms with E-state index >= 15 is 0 Å². The number of nitrogens with zero attached hydrogens (tertiary/aromatic N) is 5. The predicted octanol–water partition coefficient (Wildman–Crippen LogP) is 4.14. The number of aromatic nitrogens is 2. The molecule has 3 heterocycles. The molecule has 0 unspecified atom stereocenters. The van der Waals surface area contributed by atoms with Crippen LogP contribution in [0.25, 0.3) is 10.9 Å². The number of carbonyl (C=O) groups excluding carboxylic acids is 1. The van der Waals surface area contributed by atoms with Gasteiger partial charge in [-0.3, -0.25) is 4.79 Å². The summed E-state index contributed by atoms with van der Waals surface area (Å²) in [5, 5.41) is 7.94. The highest BCUT2D eigenvalue weighted by atomic mass is 16.5. The Morgan fingerprint density at radius 2 is 1.60 bits per heavy atom. The third-order valence-corrected chi connectivity index (χ3v) is 7.88. The normalized spacial score (nSPS) is 14.6. The van der Waals surface area contributed by atoms with Crippen molar-refractivity contribution in [3.05, 3.63) is 66.5 Å². The second-order valence-corrected chi connectivity index (χ2v) is 10.6. The van der Waals surface area contributed by atoms with Crippen LogP contribution in [-0.2, 0) is 20.7 Å². The van der Waals surface area contributed by atoms with E-state index in [9.17, 15) is 4.79 Å². The number of rotatable bonds is 14. The van der Waals surface area contributed by atoms with Crippen molar-refractivity contribution in [2.75, 3.05) is 88.6 Å².